The van der Waals surface area contributed by atoms with Gasteiger partial charge in [-0.1, -0.05) is 36.4 Å². The van der Waals surface area contributed by atoms with Crippen molar-refractivity contribution in [3.8, 4) is 0 Å². The molecule has 2 rings (SSSR count). The fraction of sp³-hybridized carbons (Fsp3) is 0.235. The maximum absolute atomic E-state index is 12.5. The number of benzene rings is 2. The molecule has 2 aromatic rings. The topological polar surface area (TPSA) is 46.3 Å². The van der Waals surface area contributed by atoms with E-state index in [1.807, 2.05) is 67.3 Å². The molecule has 3 heteroatoms. The number of nitrogens with two attached hydrogens (primary N) is 1. The lowest BCUT2D eigenvalue weighted by molar-refractivity contribution is -0.117. The molecular weight excluding hydrogens is 248 g/mol. The molecule has 0 aromatic heterocycles. The third-order valence-electron chi connectivity index (χ3n) is 3.42. The molecule has 0 saturated carbocycles. The van der Waals surface area contributed by atoms with Crippen molar-refractivity contribution in [3.05, 3.63) is 59.7 Å². The molecule has 2 aromatic carbocycles. The predicted molar refractivity (Wildman–Crippen MR) is 83.8 cm³/mol. The Kier molecular flexibility index (Phi) is 4.41. The van der Waals surface area contributed by atoms with E-state index in [9.17, 15) is 4.79 Å². The Morgan fingerprint density at radius 1 is 1.10 bits per heavy atom. The van der Waals surface area contributed by atoms with Crippen molar-refractivity contribution in [2.45, 2.75) is 20.3 Å². The number of hydrogen-bond acceptors (Lipinski definition) is 2. The Hall–Kier alpha value is -2.29. The van der Waals surface area contributed by atoms with E-state index in [0.717, 1.165) is 16.8 Å². The summed E-state index contributed by atoms with van der Waals surface area (Å²) >= 11 is 0. The minimum Gasteiger partial charge on any atom is -0.398 e. The van der Waals surface area contributed by atoms with Gasteiger partial charge in [0.2, 0.25) is 5.91 Å². The van der Waals surface area contributed by atoms with Gasteiger partial charge in [-0.05, 0) is 37.1 Å². The number of likely N-dealkylation sites (N-methyl/N-ethyl adjacent to an activating group) is 1. The van der Waals surface area contributed by atoms with Crippen molar-refractivity contribution in [2.24, 2.45) is 0 Å². The molecule has 20 heavy (non-hydrogen) atoms. The van der Waals surface area contributed by atoms with Crippen molar-refractivity contribution in [3.63, 3.8) is 0 Å². The van der Waals surface area contributed by atoms with Gasteiger partial charge in [-0.25, -0.2) is 0 Å². The van der Waals surface area contributed by atoms with Crippen LogP contribution in [0.25, 0.3) is 0 Å². The normalized spacial score (nSPS) is 10.3. The second-order valence-electron chi connectivity index (χ2n) is 4.80. The van der Waals surface area contributed by atoms with Crippen LogP contribution in [0, 0.1) is 6.92 Å². The Morgan fingerprint density at radius 2 is 1.75 bits per heavy atom. The van der Waals surface area contributed by atoms with Gasteiger partial charge < -0.3 is 10.6 Å². The molecule has 0 saturated heterocycles. The van der Waals surface area contributed by atoms with Gasteiger partial charge in [0.05, 0.1) is 6.42 Å². The SMILES string of the molecule is CCN(C(=O)Cc1ccccc1N)c1ccccc1C. The molecule has 0 unspecified atom stereocenters. The highest BCUT2D eigenvalue weighted by Crippen LogP contribution is 2.21. The molecule has 2 N–H and O–H groups in total. The first kappa shape index (κ1) is 14.1. The third kappa shape index (κ3) is 2.99. The van der Waals surface area contributed by atoms with Gasteiger partial charge in [-0.15, -0.1) is 0 Å². The van der Waals surface area contributed by atoms with Gasteiger partial charge in [-0.2, -0.15) is 0 Å². The Bertz CT molecular complexity index is 607. The first-order chi connectivity index (χ1) is 9.63. The maximum Gasteiger partial charge on any atom is 0.231 e. The number of aryl methyl sites for hydroxylation is 1. The lowest BCUT2D eigenvalue weighted by Gasteiger charge is -2.23. The van der Waals surface area contributed by atoms with Crippen LogP contribution in [0.2, 0.25) is 0 Å². The number of anilines is 2. The average molecular weight is 268 g/mol. The van der Waals surface area contributed by atoms with Crippen LogP contribution < -0.4 is 10.6 Å². The van der Waals surface area contributed by atoms with E-state index in [-0.39, 0.29) is 5.91 Å². The Balaban J connectivity index is 2.23. The molecule has 0 heterocycles. The van der Waals surface area contributed by atoms with Gasteiger partial charge in [-0.3, -0.25) is 4.79 Å². The largest absolute Gasteiger partial charge is 0.398 e. The van der Waals surface area contributed by atoms with E-state index in [4.69, 9.17) is 5.73 Å². The Morgan fingerprint density at radius 3 is 2.40 bits per heavy atom. The van der Waals surface area contributed by atoms with E-state index in [1.54, 1.807) is 0 Å². The van der Waals surface area contributed by atoms with Crippen molar-refractivity contribution >= 4 is 17.3 Å². The van der Waals surface area contributed by atoms with Crippen LogP contribution in [0.1, 0.15) is 18.1 Å². The summed E-state index contributed by atoms with van der Waals surface area (Å²) in [7, 11) is 0. The quantitative estimate of drug-likeness (QED) is 0.866. The van der Waals surface area contributed by atoms with Crippen molar-refractivity contribution in [1.29, 1.82) is 0 Å². The Labute approximate surface area is 120 Å². The lowest BCUT2D eigenvalue weighted by atomic mass is 10.1. The summed E-state index contributed by atoms with van der Waals surface area (Å²) in [6, 6.07) is 15.4. The van der Waals surface area contributed by atoms with Crippen LogP contribution in [0.3, 0.4) is 0 Å². The number of hydrogen-bond donors (Lipinski definition) is 1. The zero-order valence-electron chi connectivity index (χ0n) is 12.0. The summed E-state index contributed by atoms with van der Waals surface area (Å²) in [4.78, 5) is 14.3. The fourth-order valence-corrected chi connectivity index (χ4v) is 2.30. The molecular formula is C17H20N2O. The highest BCUT2D eigenvalue weighted by molar-refractivity contribution is 5.96. The summed E-state index contributed by atoms with van der Waals surface area (Å²) in [5, 5.41) is 0. The van der Waals surface area contributed by atoms with Gasteiger partial charge in [0, 0.05) is 17.9 Å². The first-order valence-corrected chi connectivity index (χ1v) is 6.83. The molecule has 104 valence electrons. The van der Waals surface area contributed by atoms with Crippen molar-refractivity contribution in [1.82, 2.24) is 0 Å². The van der Waals surface area contributed by atoms with E-state index in [0.29, 0.717) is 18.7 Å². The van der Waals surface area contributed by atoms with Crippen LogP contribution in [0.5, 0.6) is 0 Å². The molecule has 1 amide bonds. The van der Waals surface area contributed by atoms with Crippen LogP contribution in [-0.2, 0) is 11.2 Å². The molecule has 0 radical (unpaired) electrons. The van der Waals surface area contributed by atoms with Crippen molar-refractivity contribution in [2.75, 3.05) is 17.2 Å². The minimum atomic E-state index is 0.0692. The number of para-hydroxylation sites is 2. The lowest BCUT2D eigenvalue weighted by Crippen LogP contribution is -2.32. The zero-order chi connectivity index (χ0) is 14.5. The number of carbonyl (C=O) groups excluding carboxylic acids is 1. The smallest absolute Gasteiger partial charge is 0.231 e. The highest BCUT2D eigenvalue weighted by Gasteiger charge is 2.16. The van der Waals surface area contributed by atoms with E-state index in [1.165, 1.54) is 0 Å². The molecule has 0 aliphatic rings. The van der Waals surface area contributed by atoms with E-state index in [2.05, 4.69) is 0 Å². The zero-order valence-corrected chi connectivity index (χ0v) is 12.0. The summed E-state index contributed by atoms with van der Waals surface area (Å²) in [6.07, 6.45) is 0.328. The number of nitrogen functional groups attached to an aromatic ring is 1. The van der Waals surface area contributed by atoms with Gasteiger partial charge in [0.1, 0.15) is 0 Å². The standard InChI is InChI=1S/C17H20N2O/c1-3-19(16-11-7-4-8-13(16)2)17(20)12-14-9-5-6-10-15(14)18/h4-11H,3,12,18H2,1-2H3. The molecule has 0 atom stereocenters. The molecule has 0 bridgehead atoms. The molecule has 0 aliphatic heterocycles. The number of rotatable bonds is 4. The van der Waals surface area contributed by atoms with E-state index >= 15 is 0 Å². The fourth-order valence-electron chi connectivity index (χ4n) is 2.30. The third-order valence-corrected chi connectivity index (χ3v) is 3.42. The second-order valence-corrected chi connectivity index (χ2v) is 4.80. The van der Waals surface area contributed by atoms with Crippen molar-refractivity contribution < 1.29 is 4.79 Å². The molecule has 3 nitrogen and oxygen atoms in total. The number of carbonyl (C=O) groups is 1. The van der Waals surface area contributed by atoms with Crippen LogP contribution in [0.15, 0.2) is 48.5 Å². The van der Waals surface area contributed by atoms with Gasteiger partial charge >= 0.3 is 0 Å². The molecule has 0 spiro atoms. The molecule has 0 fully saturated rings. The van der Waals surface area contributed by atoms with Crippen LogP contribution in [-0.4, -0.2) is 12.5 Å². The summed E-state index contributed by atoms with van der Waals surface area (Å²) in [5.41, 5.74) is 9.52. The monoisotopic (exact) mass is 268 g/mol. The summed E-state index contributed by atoms with van der Waals surface area (Å²) in [6.45, 7) is 4.65. The van der Waals surface area contributed by atoms with Crippen LogP contribution in [0.4, 0.5) is 11.4 Å². The van der Waals surface area contributed by atoms with Crippen LogP contribution >= 0.6 is 0 Å². The minimum absolute atomic E-state index is 0.0692. The molecule has 0 aliphatic carbocycles. The number of amides is 1. The maximum atomic E-state index is 12.5. The van der Waals surface area contributed by atoms with Gasteiger partial charge in [0.15, 0.2) is 0 Å². The van der Waals surface area contributed by atoms with Gasteiger partial charge in [0.25, 0.3) is 0 Å². The average Bonchev–Trinajstić information content (AvgIpc) is 2.44. The second kappa shape index (κ2) is 6.24. The summed E-state index contributed by atoms with van der Waals surface area (Å²) < 4.78 is 0. The summed E-state index contributed by atoms with van der Waals surface area (Å²) in [5.74, 6) is 0.0692. The number of nitrogens with zero attached hydrogens (tertiary/aromatic N) is 1. The highest BCUT2D eigenvalue weighted by atomic mass is 16.2. The first-order valence-electron chi connectivity index (χ1n) is 6.83. The predicted octanol–water partition coefficient (Wildman–Crippen LogP) is 3.17. The van der Waals surface area contributed by atoms with E-state index < -0.39 is 0 Å².